The summed E-state index contributed by atoms with van der Waals surface area (Å²) in [7, 11) is 1.74. The fourth-order valence-corrected chi connectivity index (χ4v) is 3.86. The minimum absolute atomic E-state index is 0.156. The Balaban J connectivity index is 1.93. The Kier molecular flexibility index (Phi) is 2.67. The van der Waals surface area contributed by atoms with Crippen LogP contribution in [0.2, 0.25) is 0 Å². The molecule has 1 aromatic carbocycles. The second-order valence-corrected chi connectivity index (χ2v) is 6.33. The summed E-state index contributed by atoms with van der Waals surface area (Å²) >= 11 is 0. The van der Waals surface area contributed by atoms with Crippen LogP contribution in [0.25, 0.3) is 0 Å². The first-order valence-electron chi connectivity index (χ1n) is 7.01. The van der Waals surface area contributed by atoms with Gasteiger partial charge < -0.3 is 10.5 Å². The summed E-state index contributed by atoms with van der Waals surface area (Å²) in [6.45, 7) is 2.14. The largest absolute Gasteiger partial charge is 0.496 e. The molecule has 3 aliphatic rings. The quantitative estimate of drug-likeness (QED) is 0.867. The molecule has 98 valence electrons. The smallest absolute Gasteiger partial charge is 0.121 e. The molecule has 0 aliphatic heterocycles. The van der Waals surface area contributed by atoms with Gasteiger partial charge in [0.2, 0.25) is 0 Å². The zero-order valence-electron chi connectivity index (χ0n) is 11.5. The number of rotatable bonds is 2. The standard InChI is InChI=1S/C16H23NO/c1-12-11-13(3-4-14(12)18-2)15-5-8-16(17,9-6-15)10-7-15/h3-4,11H,5-10,17H2,1-2H3. The van der Waals surface area contributed by atoms with Crippen molar-refractivity contribution in [1.29, 1.82) is 0 Å². The van der Waals surface area contributed by atoms with E-state index in [4.69, 9.17) is 10.5 Å². The fraction of sp³-hybridized carbons (Fsp3) is 0.625. The summed E-state index contributed by atoms with van der Waals surface area (Å²) in [6.07, 6.45) is 7.36. The maximum atomic E-state index is 6.39. The highest BCUT2D eigenvalue weighted by Gasteiger charge is 2.47. The van der Waals surface area contributed by atoms with E-state index in [-0.39, 0.29) is 5.54 Å². The molecule has 0 unspecified atom stereocenters. The third-order valence-electron chi connectivity index (χ3n) is 5.31. The molecule has 0 heterocycles. The van der Waals surface area contributed by atoms with Gasteiger partial charge in [0.05, 0.1) is 7.11 Å². The number of nitrogens with two attached hydrogens (primary N) is 1. The van der Waals surface area contributed by atoms with Gasteiger partial charge in [-0.2, -0.15) is 0 Å². The van der Waals surface area contributed by atoms with Gasteiger partial charge in [-0.25, -0.2) is 0 Å². The van der Waals surface area contributed by atoms with Crippen molar-refractivity contribution in [2.75, 3.05) is 7.11 Å². The molecule has 0 aromatic heterocycles. The lowest BCUT2D eigenvalue weighted by atomic mass is 9.55. The molecule has 1 aromatic rings. The Hall–Kier alpha value is -1.02. The van der Waals surface area contributed by atoms with Crippen LogP contribution < -0.4 is 10.5 Å². The van der Waals surface area contributed by atoms with Crippen LogP contribution in [0.4, 0.5) is 0 Å². The van der Waals surface area contributed by atoms with Crippen LogP contribution in [0.1, 0.15) is 49.7 Å². The Labute approximate surface area is 110 Å². The molecular formula is C16H23NO. The maximum absolute atomic E-state index is 6.39. The summed E-state index contributed by atoms with van der Waals surface area (Å²) in [5.41, 5.74) is 9.70. The van der Waals surface area contributed by atoms with Crippen molar-refractivity contribution in [3.63, 3.8) is 0 Å². The van der Waals surface area contributed by atoms with E-state index in [1.54, 1.807) is 7.11 Å². The highest BCUT2D eigenvalue weighted by atomic mass is 16.5. The zero-order valence-corrected chi connectivity index (χ0v) is 11.5. The van der Waals surface area contributed by atoms with Crippen LogP contribution >= 0.6 is 0 Å². The van der Waals surface area contributed by atoms with E-state index in [9.17, 15) is 0 Å². The lowest BCUT2D eigenvalue weighted by molar-refractivity contribution is 0.107. The molecule has 0 saturated heterocycles. The normalized spacial score (nSPS) is 34.6. The fourth-order valence-electron chi connectivity index (χ4n) is 3.86. The average Bonchev–Trinajstić information content (AvgIpc) is 2.40. The monoisotopic (exact) mass is 245 g/mol. The second kappa shape index (κ2) is 3.99. The highest BCUT2D eigenvalue weighted by molar-refractivity contribution is 5.40. The number of ether oxygens (including phenoxy) is 1. The molecular weight excluding hydrogens is 222 g/mol. The van der Waals surface area contributed by atoms with E-state index >= 15 is 0 Å². The van der Waals surface area contributed by atoms with Crippen molar-refractivity contribution < 1.29 is 4.74 Å². The van der Waals surface area contributed by atoms with Gasteiger partial charge in [0, 0.05) is 5.54 Å². The SMILES string of the molecule is COc1ccc(C23CCC(N)(CC2)CC3)cc1C. The molecule has 2 nitrogen and oxygen atoms in total. The number of hydrogen-bond donors (Lipinski definition) is 1. The van der Waals surface area contributed by atoms with Gasteiger partial charge >= 0.3 is 0 Å². The van der Waals surface area contributed by atoms with Crippen LogP contribution in [0.5, 0.6) is 5.75 Å². The van der Waals surface area contributed by atoms with Crippen LogP contribution in [0.3, 0.4) is 0 Å². The molecule has 3 fully saturated rings. The first kappa shape index (κ1) is 12.0. The molecule has 2 heteroatoms. The molecule has 18 heavy (non-hydrogen) atoms. The second-order valence-electron chi connectivity index (χ2n) is 6.33. The molecule has 0 atom stereocenters. The summed E-state index contributed by atoms with van der Waals surface area (Å²) in [5.74, 6) is 0.995. The summed E-state index contributed by atoms with van der Waals surface area (Å²) in [6, 6.07) is 6.71. The minimum atomic E-state index is 0.156. The lowest BCUT2D eigenvalue weighted by Gasteiger charge is -2.52. The summed E-state index contributed by atoms with van der Waals surface area (Å²) < 4.78 is 5.36. The average molecular weight is 245 g/mol. The molecule has 3 aliphatic carbocycles. The van der Waals surface area contributed by atoms with Crippen molar-refractivity contribution in [3.8, 4) is 5.75 Å². The van der Waals surface area contributed by atoms with Crippen molar-refractivity contribution in [2.45, 2.75) is 56.4 Å². The molecule has 2 N–H and O–H groups in total. The number of methoxy groups -OCH3 is 1. The molecule has 0 amide bonds. The molecule has 3 saturated carbocycles. The molecule has 0 spiro atoms. The summed E-state index contributed by atoms with van der Waals surface area (Å²) in [5, 5.41) is 0. The van der Waals surface area contributed by atoms with E-state index in [1.807, 2.05) is 0 Å². The van der Waals surface area contributed by atoms with Gasteiger partial charge in [-0.05, 0) is 68.1 Å². The third kappa shape index (κ3) is 1.74. The third-order valence-corrected chi connectivity index (χ3v) is 5.31. The predicted octanol–water partition coefficient (Wildman–Crippen LogP) is 3.31. The number of benzene rings is 1. The van der Waals surface area contributed by atoms with E-state index in [0.29, 0.717) is 5.41 Å². The number of aryl methyl sites for hydroxylation is 1. The highest BCUT2D eigenvalue weighted by Crippen LogP contribution is 2.52. The van der Waals surface area contributed by atoms with Gasteiger partial charge in [0.25, 0.3) is 0 Å². The van der Waals surface area contributed by atoms with Crippen LogP contribution in [-0.2, 0) is 5.41 Å². The van der Waals surface area contributed by atoms with Gasteiger partial charge in [0.15, 0.2) is 0 Å². The van der Waals surface area contributed by atoms with E-state index in [2.05, 4.69) is 25.1 Å². The van der Waals surface area contributed by atoms with Crippen molar-refractivity contribution >= 4 is 0 Å². The van der Waals surface area contributed by atoms with Gasteiger partial charge in [-0.3, -0.25) is 0 Å². The van der Waals surface area contributed by atoms with Gasteiger partial charge in [-0.15, -0.1) is 0 Å². The van der Waals surface area contributed by atoms with Crippen molar-refractivity contribution in [2.24, 2.45) is 5.73 Å². The van der Waals surface area contributed by atoms with Gasteiger partial charge in [-0.1, -0.05) is 12.1 Å². The number of fused-ring (bicyclic) bond motifs is 3. The Morgan fingerprint density at radius 2 is 1.67 bits per heavy atom. The first-order valence-corrected chi connectivity index (χ1v) is 7.01. The molecule has 2 bridgehead atoms. The van der Waals surface area contributed by atoms with Crippen LogP contribution in [-0.4, -0.2) is 12.6 Å². The van der Waals surface area contributed by atoms with E-state index < -0.39 is 0 Å². The predicted molar refractivity (Wildman–Crippen MR) is 74.0 cm³/mol. The topological polar surface area (TPSA) is 35.2 Å². The van der Waals surface area contributed by atoms with Crippen molar-refractivity contribution in [1.82, 2.24) is 0 Å². The van der Waals surface area contributed by atoms with Crippen LogP contribution in [0.15, 0.2) is 18.2 Å². The number of hydrogen-bond acceptors (Lipinski definition) is 2. The lowest BCUT2D eigenvalue weighted by Crippen LogP contribution is -2.53. The molecule has 0 radical (unpaired) electrons. The summed E-state index contributed by atoms with van der Waals surface area (Å²) in [4.78, 5) is 0. The van der Waals surface area contributed by atoms with E-state index in [1.165, 1.54) is 49.7 Å². The zero-order chi connectivity index (χ0) is 12.8. The Bertz CT molecular complexity index is 442. The Morgan fingerprint density at radius 3 is 2.17 bits per heavy atom. The minimum Gasteiger partial charge on any atom is -0.496 e. The maximum Gasteiger partial charge on any atom is 0.121 e. The molecule has 4 rings (SSSR count). The van der Waals surface area contributed by atoms with Crippen LogP contribution in [0, 0.1) is 6.92 Å². The van der Waals surface area contributed by atoms with Crippen molar-refractivity contribution in [3.05, 3.63) is 29.3 Å². The van der Waals surface area contributed by atoms with Gasteiger partial charge in [0.1, 0.15) is 5.75 Å². The van der Waals surface area contributed by atoms with E-state index in [0.717, 1.165) is 5.75 Å². The first-order chi connectivity index (χ1) is 8.57. The Morgan fingerprint density at radius 1 is 1.06 bits per heavy atom.